The SMILES string of the molecule is C[C@@H](OC1(C)CCC1)C(C)(C)C. The van der Waals surface area contributed by atoms with Crippen LogP contribution in [0.15, 0.2) is 0 Å². The van der Waals surface area contributed by atoms with Crippen molar-refractivity contribution in [2.24, 2.45) is 5.41 Å². The summed E-state index contributed by atoms with van der Waals surface area (Å²) in [5.74, 6) is 0. The Hall–Kier alpha value is -0.0400. The van der Waals surface area contributed by atoms with Gasteiger partial charge in [-0.2, -0.15) is 0 Å². The molecule has 0 aromatic rings. The summed E-state index contributed by atoms with van der Waals surface area (Å²) in [6, 6.07) is 0. The molecule has 72 valence electrons. The number of hydrogen-bond acceptors (Lipinski definition) is 1. The standard InChI is InChI=1S/C11H22O/c1-9(10(2,3)4)12-11(5)7-6-8-11/h9H,6-8H2,1-5H3/t9-/m1/s1. The molecule has 1 rings (SSSR count). The van der Waals surface area contributed by atoms with Gasteiger partial charge in [0.15, 0.2) is 0 Å². The van der Waals surface area contributed by atoms with Crippen LogP contribution < -0.4 is 0 Å². The van der Waals surface area contributed by atoms with Crippen LogP contribution in [-0.4, -0.2) is 11.7 Å². The Morgan fingerprint density at radius 2 is 1.75 bits per heavy atom. The van der Waals surface area contributed by atoms with Gasteiger partial charge in [-0.15, -0.1) is 0 Å². The smallest absolute Gasteiger partial charge is 0.0658 e. The van der Waals surface area contributed by atoms with Crippen molar-refractivity contribution in [2.75, 3.05) is 0 Å². The van der Waals surface area contributed by atoms with Crippen LogP contribution in [0.5, 0.6) is 0 Å². The lowest BCUT2D eigenvalue weighted by Crippen LogP contribution is -2.43. The molecule has 1 aliphatic carbocycles. The van der Waals surface area contributed by atoms with Crippen LogP contribution in [0.3, 0.4) is 0 Å². The van der Waals surface area contributed by atoms with Crippen molar-refractivity contribution in [3.63, 3.8) is 0 Å². The Kier molecular flexibility index (Phi) is 2.53. The van der Waals surface area contributed by atoms with E-state index in [4.69, 9.17) is 4.74 Å². The Morgan fingerprint density at radius 3 is 2.00 bits per heavy atom. The van der Waals surface area contributed by atoms with Gasteiger partial charge in [-0.05, 0) is 38.5 Å². The minimum absolute atomic E-state index is 0.201. The second kappa shape index (κ2) is 3.02. The largest absolute Gasteiger partial charge is 0.372 e. The maximum atomic E-state index is 6.04. The van der Waals surface area contributed by atoms with Gasteiger partial charge in [0.05, 0.1) is 11.7 Å². The molecule has 0 saturated heterocycles. The Morgan fingerprint density at radius 1 is 1.25 bits per heavy atom. The van der Waals surface area contributed by atoms with Crippen LogP contribution in [0.4, 0.5) is 0 Å². The molecule has 0 aromatic heterocycles. The molecule has 1 aliphatic rings. The molecule has 0 spiro atoms. The quantitative estimate of drug-likeness (QED) is 0.617. The summed E-state index contributed by atoms with van der Waals surface area (Å²) in [5.41, 5.74) is 0.477. The van der Waals surface area contributed by atoms with E-state index in [9.17, 15) is 0 Å². The zero-order chi connectivity index (χ0) is 9.41. The van der Waals surface area contributed by atoms with E-state index in [1.165, 1.54) is 19.3 Å². The van der Waals surface area contributed by atoms with Gasteiger partial charge in [0.25, 0.3) is 0 Å². The van der Waals surface area contributed by atoms with Crippen LogP contribution in [0.25, 0.3) is 0 Å². The third kappa shape index (κ3) is 2.22. The molecule has 0 N–H and O–H groups in total. The maximum absolute atomic E-state index is 6.04. The van der Waals surface area contributed by atoms with Crippen molar-refractivity contribution in [3.8, 4) is 0 Å². The fraction of sp³-hybridized carbons (Fsp3) is 1.00. The van der Waals surface area contributed by atoms with E-state index in [0.717, 1.165) is 0 Å². The highest BCUT2D eigenvalue weighted by Gasteiger charge is 2.36. The third-order valence-corrected chi connectivity index (χ3v) is 3.09. The number of rotatable bonds is 2. The Labute approximate surface area is 76.5 Å². The summed E-state index contributed by atoms with van der Waals surface area (Å²) in [4.78, 5) is 0. The first kappa shape index (κ1) is 10.0. The van der Waals surface area contributed by atoms with Crippen molar-refractivity contribution in [1.82, 2.24) is 0 Å². The van der Waals surface area contributed by atoms with Gasteiger partial charge in [-0.1, -0.05) is 20.8 Å². The van der Waals surface area contributed by atoms with Crippen LogP contribution >= 0.6 is 0 Å². The fourth-order valence-electron chi connectivity index (χ4n) is 1.40. The van der Waals surface area contributed by atoms with Crippen LogP contribution in [0, 0.1) is 5.41 Å². The molecule has 0 aromatic carbocycles. The van der Waals surface area contributed by atoms with Crippen LogP contribution in [0.1, 0.15) is 53.9 Å². The first-order chi connectivity index (χ1) is 5.33. The minimum Gasteiger partial charge on any atom is -0.372 e. The van der Waals surface area contributed by atoms with E-state index in [-0.39, 0.29) is 11.0 Å². The zero-order valence-corrected chi connectivity index (χ0v) is 9.11. The van der Waals surface area contributed by atoms with E-state index >= 15 is 0 Å². The molecule has 1 saturated carbocycles. The highest BCUT2D eigenvalue weighted by atomic mass is 16.5. The molecule has 0 unspecified atom stereocenters. The highest BCUT2D eigenvalue weighted by Crippen LogP contribution is 2.38. The van der Waals surface area contributed by atoms with Gasteiger partial charge in [-0.25, -0.2) is 0 Å². The predicted molar refractivity (Wildman–Crippen MR) is 52.3 cm³/mol. The van der Waals surface area contributed by atoms with Gasteiger partial charge < -0.3 is 4.74 Å². The second-order valence-electron chi connectivity index (χ2n) is 5.43. The molecule has 1 heteroatoms. The molecule has 0 aliphatic heterocycles. The highest BCUT2D eigenvalue weighted by molar-refractivity contribution is 4.87. The Balaban J connectivity index is 2.40. The van der Waals surface area contributed by atoms with Crippen molar-refractivity contribution in [2.45, 2.75) is 65.6 Å². The van der Waals surface area contributed by atoms with Gasteiger partial charge >= 0.3 is 0 Å². The number of ether oxygens (including phenoxy) is 1. The van der Waals surface area contributed by atoms with Crippen molar-refractivity contribution < 1.29 is 4.74 Å². The van der Waals surface area contributed by atoms with Crippen LogP contribution in [0.2, 0.25) is 0 Å². The molecule has 0 heterocycles. The molecule has 12 heavy (non-hydrogen) atoms. The summed E-state index contributed by atoms with van der Waals surface area (Å²) in [6.45, 7) is 11.1. The summed E-state index contributed by atoms with van der Waals surface area (Å²) in [7, 11) is 0. The third-order valence-electron chi connectivity index (χ3n) is 3.09. The van der Waals surface area contributed by atoms with E-state index in [1.54, 1.807) is 0 Å². The summed E-state index contributed by atoms with van der Waals surface area (Å²) >= 11 is 0. The van der Waals surface area contributed by atoms with E-state index in [1.807, 2.05) is 0 Å². The van der Waals surface area contributed by atoms with E-state index in [0.29, 0.717) is 6.10 Å². The molecule has 0 radical (unpaired) electrons. The molecular weight excluding hydrogens is 148 g/mol. The number of hydrogen-bond donors (Lipinski definition) is 0. The van der Waals surface area contributed by atoms with Crippen LogP contribution in [-0.2, 0) is 4.74 Å². The van der Waals surface area contributed by atoms with Gasteiger partial charge in [0.2, 0.25) is 0 Å². The molecule has 1 nitrogen and oxygen atoms in total. The van der Waals surface area contributed by atoms with E-state index < -0.39 is 0 Å². The monoisotopic (exact) mass is 170 g/mol. The molecule has 0 bridgehead atoms. The summed E-state index contributed by atoms with van der Waals surface area (Å²) in [6.07, 6.45) is 4.19. The topological polar surface area (TPSA) is 9.23 Å². The lowest BCUT2D eigenvalue weighted by Gasteiger charge is -2.43. The summed E-state index contributed by atoms with van der Waals surface area (Å²) < 4.78 is 6.04. The fourth-order valence-corrected chi connectivity index (χ4v) is 1.40. The van der Waals surface area contributed by atoms with Crippen molar-refractivity contribution in [1.29, 1.82) is 0 Å². The van der Waals surface area contributed by atoms with E-state index in [2.05, 4.69) is 34.6 Å². The average Bonchev–Trinajstić information content (AvgIpc) is 1.82. The minimum atomic E-state index is 0.201. The molecule has 1 atom stereocenters. The maximum Gasteiger partial charge on any atom is 0.0658 e. The first-order valence-corrected chi connectivity index (χ1v) is 5.01. The average molecular weight is 170 g/mol. The molecular formula is C11H22O. The van der Waals surface area contributed by atoms with Gasteiger partial charge in [-0.3, -0.25) is 0 Å². The Bertz CT molecular complexity index is 151. The van der Waals surface area contributed by atoms with Gasteiger partial charge in [0.1, 0.15) is 0 Å². The molecule has 1 fully saturated rings. The zero-order valence-electron chi connectivity index (χ0n) is 9.11. The normalized spacial score (nSPS) is 24.8. The van der Waals surface area contributed by atoms with Gasteiger partial charge in [0, 0.05) is 0 Å². The lowest BCUT2D eigenvalue weighted by atomic mass is 9.80. The van der Waals surface area contributed by atoms with Crippen molar-refractivity contribution in [3.05, 3.63) is 0 Å². The molecule has 0 amide bonds. The first-order valence-electron chi connectivity index (χ1n) is 5.01. The lowest BCUT2D eigenvalue weighted by molar-refractivity contribution is -0.151. The second-order valence-corrected chi connectivity index (χ2v) is 5.43. The summed E-state index contributed by atoms with van der Waals surface area (Å²) in [5, 5.41) is 0. The predicted octanol–water partition coefficient (Wildman–Crippen LogP) is 3.38. The van der Waals surface area contributed by atoms with Crippen molar-refractivity contribution >= 4 is 0 Å².